The number of nitrogens with zero attached hydrogens (tertiary/aromatic N) is 2. The van der Waals surface area contributed by atoms with Gasteiger partial charge in [0.25, 0.3) is 11.5 Å². The van der Waals surface area contributed by atoms with Crippen molar-refractivity contribution in [2.24, 2.45) is 0 Å². The zero-order valence-electron chi connectivity index (χ0n) is 20.3. The standard InChI is InChI=1S/C29H27N3O5/c33-27(30-18-29(12-14-35-15-13-29)21-10-11-24-25(16-21)37-19-36-24)26-22-8-4-5-9-23(22)28(34)32(31-26)17-20-6-2-1-3-7-20/h1-11,16H,12-15,17-19H2,(H,30,33). The van der Waals surface area contributed by atoms with Crippen molar-refractivity contribution in [2.75, 3.05) is 26.6 Å². The molecule has 1 saturated heterocycles. The van der Waals surface area contributed by atoms with Crippen LogP contribution >= 0.6 is 0 Å². The minimum atomic E-state index is -0.316. The molecule has 1 aromatic heterocycles. The van der Waals surface area contributed by atoms with Gasteiger partial charge in [0.1, 0.15) is 0 Å². The minimum absolute atomic E-state index is 0.211. The summed E-state index contributed by atoms with van der Waals surface area (Å²) in [5, 5.41) is 8.67. The van der Waals surface area contributed by atoms with Crippen molar-refractivity contribution in [3.8, 4) is 11.5 Å². The summed E-state index contributed by atoms with van der Waals surface area (Å²) in [5.74, 6) is 1.13. The number of ether oxygens (including phenoxy) is 3. The quantitative estimate of drug-likeness (QED) is 0.437. The van der Waals surface area contributed by atoms with Crippen LogP contribution in [-0.4, -0.2) is 42.2 Å². The maximum atomic E-state index is 13.6. The van der Waals surface area contributed by atoms with E-state index in [2.05, 4.69) is 10.4 Å². The Labute approximate surface area is 213 Å². The molecule has 8 nitrogen and oxygen atoms in total. The molecule has 0 unspecified atom stereocenters. The molecule has 0 bridgehead atoms. The molecule has 0 spiro atoms. The number of hydrogen-bond acceptors (Lipinski definition) is 6. The Balaban J connectivity index is 1.32. The monoisotopic (exact) mass is 497 g/mol. The van der Waals surface area contributed by atoms with Crippen molar-refractivity contribution < 1.29 is 19.0 Å². The summed E-state index contributed by atoms with van der Waals surface area (Å²) >= 11 is 0. The van der Waals surface area contributed by atoms with Crippen LogP contribution in [0.25, 0.3) is 10.8 Å². The van der Waals surface area contributed by atoms with E-state index in [0.717, 1.165) is 35.5 Å². The highest BCUT2D eigenvalue weighted by atomic mass is 16.7. The number of aromatic nitrogens is 2. The molecule has 3 heterocycles. The van der Waals surface area contributed by atoms with Gasteiger partial charge in [-0.15, -0.1) is 0 Å². The van der Waals surface area contributed by atoms with Gasteiger partial charge in [0.2, 0.25) is 6.79 Å². The number of fused-ring (bicyclic) bond motifs is 2. The normalized spacial score (nSPS) is 16.0. The predicted octanol–water partition coefficient (Wildman–Crippen LogP) is 3.65. The van der Waals surface area contributed by atoms with Crippen LogP contribution in [0, 0.1) is 0 Å². The van der Waals surface area contributed by atoms with E-state index in [1.807, 2.05) is 54.6 Å². The Morgan fingerprint density at radius 1 is 0.919 bits per heavy atom. The first kappa shape index (κ1) is 23.2. The molecule has 2 aliphatic rings. The fraction of sp³-hybridized carbons (Fsp3) is 0.276. The molecule has 1 amide bonds. The highest BCUT2D eigenvalue weighted by Crippen LogP contribution is 2.40. The molecular weight excluding hydrogens is 470 g/mol. The van der Waals surface area contributed by atoms with Crippen LogP contribution in [0.2, 0.25) is 0 Å². The molecule has 6 rings (SSSR count). The first-order valence-electron chi connectivity index (χ1n) is 12.4. The number of nitrogens with one attached hydrogen (secondary N) is 1. The van der Waals surface area contributed by atoms with Gasteiger partial charge in [-0.3, -0.25) is 9.59 Å². The second kappa shape index (κ2) is 9.71. The van der Waals surface area contributed by atoms with Gasteiger partial charge >= 0.3 is 0 Å². The number of hydrogen-bond donors (Lipinski definition) is 1. The van der Waals surface area contributed by atoms with Crippen molar-refractivity contribution in [1.29, 1.82) is 0 Å². The topological polar surface area (TPSA) is 91.7 Å². The minimum Gasteiger partial charge on any atom is -0.454 e. The molecule has 37 heavy (non-hydrogen) atoms. The largest absolute Gasteiger partial charge is 0.454 e. The molecular formula is C29H27N3O5. The zero-order chi connectivity index (χ0) is 25.2. The van der Waals surface area contributed by atoms with Crippen molar-refractivity contribution in [3.05, 3.63) is 100.0 Å². The third kappa shape index (κ3) is 4.44. The highest BCUT2D eigenvalue weighted by Gasteiger charge is 2.36. The van der Waals surface area contributed by atoms with E-state index in [0.29, 0.717) is 30.5 Å². The molecule has 4 aromatic rings. The summed E-state index contributed by atoms with van der Waals surface area (Å²) in [4.78, 5) is 26.8. The fourth-order valence-electron chi connectivity index (χ4n) is 5.16. The Morgan fingerprint density at radius 3 is 2.46 bits per heavy atom. The third-order valence-corrected chi connectivity index (χ3v) is 7.28. The van der Waals surface area contributed by atoms with Crippen LogP contribution in [0.4, 0.5) is 0 Å². The molecule has 8 heteroatoms. The zero-order valence-corrected chi connectivity index (χ0v) is 20.3. The van der Waals surface area contributed by atoms with Crippen LogP contribution in [0.15, 0.2) is 77.6 Å². The van der Waals surface area contributed by atoms with Crippen molar-refractivity contribution in [1.82, 2.24) is 15.1 Å². The van der Waals surface area contributed by atoms with Gasteiger partial charge in [-0.05, 0) is 42.2 Å². The van der Waals surface area contributed by atoms with E-state index in [9.17, 15) is 9.59 Å². The van der Waals surface area contributed by atoms with Gasteiger partial charge < -0.3 is 19.5 Å². The third-order valence-electron chi connectivity index (χ3n) is 7.28. The van der Waals surface area contributed by atoms with E-state index >= 15 is 0 Å². The molecule has 1 fully saturated rings. The Bertz CT molecular complexity index is 1510. The number of carbonyl (C=O) groups excluding carboxylic acids is 1. The first-order chi connectivity index (χ1) is 18.1. The summed E-state index contributed by atoms with van der Waals surface area (Å²) in [6, 6.07) is 22.7. The number of amides is 1. The van der Waals surface area contributed by atoms with Gasteiger partial charge in [0.15, 0.2) is 17.2 Å². The van der Waals surface area contributed by atoms with Gasteiger partial charge in [0.05, 0.1) is 11.9 Å². The smallest absolute Gasteiger partial charge is 0.274 e. The predicted molar refractivity (Wildman–Crippen MR) is 138 cm³/mol. The SMILES string of the molecule is O=C(NCC1(c2ccc3c(c2)OCO3)CCOCC1)c1nn(Cc2ccccc2)c(=O)c2ccccc12. The molecule has 0 aliphatic carbocycles. The van der Waals surface area contributed by atoms with Gasteiger partial charge in [-0.1, -0.05) is 54.6 Å². The summed E-state index contributed by atoms with van der Waals surface area (Å²) in [5.41, 5.74) is 1.70. The Kier molecular flexibility index (Phi) is 6.10. The van der Waals surface area contributed by atoms with E-state index in [1.165, 1.54) is 4.68 Å². The Morgan fingerprint density at radius 2 is 1.65 bits per heavy atom. The summed E-state index contributed by atoms with van der Waals surface area (Å²) in [7, 11) is 0. The van der Waals surface area contributed by atoms with Crippen LogP contribution in [-0.2, 0) is 16.7 Å². The molecule has 3 aromatic carbocycles. The van der Waals surface area contributed by atoms with Gasteiger partial charge in [-0.2, -0.15) is 5.10 Å². The summed E-state index contributed by atoms with van der Waals surface area (Å²) in [6.45, 7) is 2.11. The first-order valence-corrected chi connectivity index (χ1v) is 12.4. The van der Waals surface area contributed by atoms with Gasteiger partial charge in [-0.25, -0.2) is 4.68 Å². The van der Waals surface area contributed by atoms with Crippen LogP contribution < -0.4 is 20.3 Å². The lowest BCUT2D eigenvalue weighted by Crippen LogP contribution is -2.45. The van der Waals surface area contributed by atoms with Gasteiger partial charge in [0, 0.05) is 30.6 Å². The van der Waals surface area contributed by atoms with Crippen molar-refractivity contribution in [2.45, 2.75) is 24.8 Å². The second-order valence-electron chi connectivity index (χ2n) is 9.49. The maximum Gasteiger partial charge on any atom is 0.274 e. The number of rotatable bonds is 6. The summed E-state index contributed by atoms with van der Waals surface area (Å²) < 4.78 is 18.1. The second-order valence-corrected chi connectivity index (χ2v) is 9.49. The van der Waals surface area contributed by atoms with E-state index in [1.54, 1.807) is 18.2 Å². The Hall–Kier alpha value is -4.17. The lowest BCUT2D eigenvalue weighted by Gasteiger charge is -2.38. The maximum absolute atomic E-state index is 13.6. The van der Waals surface area contributed by atoms with E-state index < -0.39 is 0 Å². The average molecular weight is 498 g/mol. The highest BCUT2D eigenvalue weighted by molar-refractivity contribution is 6.04. The number of benzene rings is 3. The van der Waals surface area contributed by atoms with Crippen LogP contribution in [0.3, 0.4) is 0 Å². The summed E-state index contributed by atoms with van der Waals surface area (Å²) in [6.07, 6.45) is 1.52. The molecule has 0 radical (unpaired) electrons. The van der Waals surface area contributed by atoms with Crippen LogP contribution in [0.5, 0.6) is 11.5 Å². The van der Waals surface area contributed by atoms with Crippen molar-refractivity contribution in [3.63, 3.8) is 0 Å². The lowest BCUT2D eigenvalue weighted by molar-refractivity contribution is 0.0486. The van der Waals surface area contributed by atoms with Crippen LogP contribution in [0.1, 0.15) is 34.5 Å². The molecule has 0 atom stereocenters. The molecule has 0 saturated carbocycles. The molecule has 2 aliphatic heterocycles. The molecule has 188 valence electrons. The fourth-order valence-corrected chi connectivity index (χ4v) is 5.16. The van der Waals surface area contributed by atoms with Crippen molar-refractivity contribution >= 4 is 16.7 Å². The van der Waals surface area contributed by atoms with E-state index in [-0.39, 0.29) is 35.9 Å². The lowest BCUT2D eigenvalue weighted by atomic mass is 9.74. The number of carbonyl (C=O) groups is 1. The van der Waals surface area contributed by atoms with E-state index in [4.69, 9.17) is 14.2 Å². The average Bonchev–Trinajstić information content (AvgIpc) is 3.43. The molecule has 1 N–H and O–H groups in total.